The molecule has 0 saturated heterocycles. The Labute approximate surface area is 144 Å². The van der Waals surface area contributed by atoms with Crippen molar-refractivity contribution in [1.82, 2.24) is 0 Å². The van der Waals surface area contributed by atoms with E-state index >= 15 is 0 Å². The quantitative estimate of drug-likeness (QED) is 0.336. The normalized spacial score (nSPS) is 38.3. The van der Waals surface area contributed by atoms with Crippen LogP contribution in [0.5, 0.6) is 0 Å². The van der Waals surface area contributed by atoms with Gasteiger partial charge < -0.3 is 20.8 Å². The molecule has 1 aliphatic carbocycles. The van der Waals surface area contributed by atoms with Crippen molar-refractivity contribution in [2.24, 2.45) is 0 Å². The molecule has 0 aliphatic heterocycles. The Kier molecular flexibility index (Phi) is 15.1. The van der Waals surface area contributed by atoms with Gasteiger partial charge in [-0.05, 0) is 0 Å². The zero-order valence-electron chi connectivity index (χ0n) is 8.24. The largest absolute Gasteiger partial charge is 0.412 e. The maximum Gasteiger partial charge on any atom is 0.0693 e. The van der Waals surface area contributed by atoms with E-state index < -0.39 is 37.3 Å². The Morgan fingerprint density at radius 1 is 0.667 bits per heavy atom. The second-order valence-corrected chi connectivity index (χ2v) is 5.91. The van der Waals surface area contributed by atoms with Crippen LogP contribution in [-0.4, -0.2) is 42.8 Å². The molecule has 12 heteroatoms. The number of hydrogen-bond donors (Lipinski definition) is 0. The smallest absolute Gasteiger partial charge is 0.0693 e. The van der Waals surface area contributed by atoms with Crippen molar-refractivity contribution in [3.63, 3.8) is 0 Å². The van der Waals surface area contributed by atoms with Crippen LogP contribution in [-0.2, 0) is 16.8 Å². The van der Waals surface area contributed by atoms with E-state index in [0.29, 0.717) is 0 Å². The molecule has 0 aromatic rings. The van der Waals surface area contributed by atoms with Gasteiger partial charge in [-0.25, -0.2) is 0 Å². The van der Waals surface area contributed by atoms with Crippen LogP contribution >= 0.6 is 69.6 Å². The van der Waals surface area contributed by atoms with E-state index in [1.165, 1.54) is 0 Å². The average Bonchev–Trinajstić information content (AvgIpc) is 2.20. The fraction of sp³-hybridized carbons (Fsp3) is 1.00. The topological polar surface area (TPSA) is 97.7 Å². The summed E-state index contributed by atoms with van der Waals surface area (Å²) in [5.41, 5.74) is 0. The molecule has 1 aliphatic rings. The van der Waals surface area contributed by atoms with Crippen LogP contribution in [0.1, 0.15) is 0 Å². The first-order valence-electron chi connectivity index (χ1n) is 3.86. The predicted molar refractivity (Wildman–Crippen MR) is 71.8 cm³/mol. The maximum absolute atomic E-state index is 8.25. The Hall–Kier alpha value is 1.41. The van der Waals surface area contributed by atoms with Gasteiger partial charge in [0.25, 0.3) is 0 Å². The van der Waals surface area contributed by atoms with E-state index in [1.807, 2.05) is 0 Å². The van der Waals surface area contributed by atoms with E-state index in [1.54, 1.807) is 0 Å². The van der Waals surface area contributed by atoms with Gasteiger partial charge in [0.2, 0.25) is 0 Å². The van der Waals surface area contributed by atoms with Gasteiger partial charge in [-0.15, -0.1) is 69.6 Å². The Bertz CT molecular complexity index is 190. The molecule has 2 N–H and O–H groups in total. The third-order valence-electron chi connectivity index (χ3n) is 1.83. The van der Waals surface area contributed by atoms with Crippen molar-refractivity contribution < 1.29 is 27.3 Å². The van der Waals surface area contributed by atoms with Crippen molar-refractivity contribution >= 4 is 69.6 Å². The van der Waals surface area contributed by atoms with Gasteiger partial charge in [0.1, 0.15) is 0 Å². The van der Waals surface area contributed by atoms with Crippen molar-refractivity contribution in [3.8, 4) is 0 Å². The molecular formula is C6H8Cl6CoNO4-. The van der Waals surface area contributed by atoms with Gasteiger partial charge in [-0.2, -0.15) is 0 Å². The summed E-state index contributed by atoms with van der Waals surface area (Å²) in [6, 6.07) is 0. The minimum absolute atomic E-state index is 0. The van der Waals surface area contributed by atoms with Crippen LogP contribution < -0.4 is 0 Å². The minimum Gasteiger partial charge on any atom is -0.412 e. The molecule has 0 spiro atoms. The van der Waals surface area contributed by atoms with Gasteiger partial charge in [-0.3, -0.25) is 0 Å². The molecule has 1 rings (SSSR count). The van der Waals surface area contributed by atoms with E-state index in [0.717, 1.165) is 0 Å². The van der Waals surface area contributed by atoms with E-state index in [9.17, 15) is 0 Å². The van der Waals surface area contributed by atoms with Crippen molar-refractivity contribution in [2.75, 3.05) is 0 Å². The van der Waals surface area contributed by atoms with E-state index in [2.05, 4.69) is 0 Å². The molecule has 1 saturated carbocycles. The summed E-state index contributed by atoms with van der Waals surface area (Å²) in [5, 5.41) is 12.1. The second-order valence-electron chi connectivity index (χ2n) is 2.89. The van der Waals surface area contributed by atoms with Crippen LogP contribution in [0.3, 0.4) is 0 Å². The van der Waals surface area contributed by atoms with Gasteiger partial charge >= 0.3 is 0 Å². The maximum atomic E-state index is 8.25. The Morgan fingerprint density at radius 2 is 0.722 bits per heavy atom. The Balaban J connectivity index is -0.000000332. The first-order valence-corrected chi connectivity index (χ1v) is 6.48. The van der Waals surface area contributed by atoms with Crippen LogP contribution in [0, 0.1) is 15.3 Å². The number of rotatable bonds is 0. The van der Waals surface area contributed by atoms with E-state index in [-0.39, 0.29) is 22.3 Å². The van der Waals surface area contributed by atoms with Crippen LogP contribution in [0.4, 0.5) is 0 Å². The number of hydrogen-bond acceptors (Lipinski definition) is 3. The summed E-state index contributed by atoms with van der Waals surface area (Å²) in [5.74, 6) is 0. The predicted octanol–water partition coefficient (Wildman–Crippen LogP) is 2.58. The molecule has 0 aromatic carbocycles. The zero-order chi connectivity index (χ0) is 13.0. The molecule has 113 valence electrons. The molecule has 0 amide bonds. The molecule has 0 unspecified atom stereocenters. The molecule has 5 nitrogen and oxygen atoms in total. The fourth-order valence-corrected chi connectivity index (χ4v) is 3.38. The summed E-state index contributed by atoms with van der Waals surface area (Å²) in [6.45, 7) is 0. The number of alkyl halides is 6. The standard InChI is InChI=1S/C6H6Cl6.Co.NO3.H2O/c7-1-2(8)4(10)6(12)5(11)3(1)9;;2-1(3)4;/h1-6H;;;1H2/q;;-1;/t1-,2-,3-,4+,5+,6+;;;. The second kappa shape index (κ2) is 11.1. The van der Waals surface area contributed by atoms with Crippen LogP contribution in [0.15, 0.2) is 0 Å². The molecule has 0 bridgehead atoms. The summed E-state index contributed by atoms with van der Waals surface area (Å²) < 4.78 is 0. The molecule has 1 radical (unpaired) electrons. The first kappa shape index (κ1) is 24.4. The first-order chi connectivity index (χ1) is 7.20. The Morgan fingerprint density at radius 3 is 0.778 bits per heavy atom. The number of nitrogens with zero attached hydrogens (tertiary/aromatic N) is 1. The summed E-state index contributed by atoms with van der Waals surface area (Å²) >= 11 is 35.3. The van der Waals surface area contributed by atoms with Crippen molar-refractivity contribution in [3.05, 3.63) is 15.3 Å². The van der Waals surface area contributed by atoms with Crippen molar-refractivity contribution in [2.45, 2.75) is 32.3 Å². The minimum atomic E-state index is -1.75. The average molecular weight is 430 g/mol. The van der Waals surface area contributed by atoms with Gasteiger partial charge in [-0.1, -0.05) is 0 Å². The zero-order valence-corrected chi connectivity index (χ0v) is 13.8. The summed E-state index contributed by atoms with van der Waals surface area (Å²) in [7, 11) is 0. The number of halogens is 6. The van der Waals surface area contributed by atoms with Gasteiger partial charge in [0.15, 0.2) is 0 Å². The van der Waals surface area contributed by atoms with Crippen LogP contribution in [0.25, 0.3) is 0 Å². The molecule has 0 aromatic heterocycles. The molecule has 18 heavy (non-hydrogen) atoms. The SMILES string of the molecule is Cl[C@H]1[C@H](Cl)[C@@H](Cl)[C@@H](Cl)[C@H](Cl)[C@H]1Cl.O.O=[N+]([O-])[O-].[Co]. The van der Waals surface area contributed by atoms with E-state index in [4.69, 9.17) is 84.9 Å². The third kappa shape index (κ3) is 7.26. The third-order valence-corrected chi connectivity index (χ3v) is 5.86. The fourth-order valence-electron chi connectivity index (χ4n) is 1.05. The molecular weight excluding hydrogens is 422 g/mol. The molecule has 1 fully saturated rings. The molecule has 0 atom stereocenters. The van der Waals surface area contributed by atoms with Gasteiger partial charge in [0, 0.05) is 16.8 Å². The monoisotopic (exact) mass is 427 g/mol. The summed E-state index contributed by atoms with van der Waals surface area (Å²) in [6.07, 6.45) is 0. The van der Waals surface area contributed by atoms with Gasteiger partial charge in [0.05, 0.1) is 37.3 Å². The van der Waals surface area contributed by atoms with Crippen LogP contribution in [0.2, 0.25) is 0 Å². The summed E-state index contributed by atoms with van der Waals surface area (Å²) in [4.78, 5) is 8.25. The molecule has 0 heterocycles. The van der Waals surface area contributed by atoms with Crippen molar-refractivity contribution in [1.29, 1.82) is 0 Å².